The van der Waals surface area contributed by atoms with Crippen LogP contribution >= 0.6 is 0 Å². The summed E-state index contributed by atoms with van der Waals surface area (Å²) in [4.78, 5) is 28.1. The van der Waals surface area contributed by atoms with E-state index in [-0.39, 0.29) is 43.8 Å². The zero-order chi connectivity index (χ0) is 27.6. The summed E-state index contributed by atoms with van der Waals surface area (Å²) >= 11 is 0. The molecule has 0 aromatic heterocycles. The normalized spacial score (nSPS) is 12.1. The molecule has 9 nitrogen and oxygen atoms in total. The standard InChI is InChI=1S/C27H39N3O6S/c1-7-23(27(32)28-20(2)3)29(19-21-12-10-13-22(18-21)35-4)26(31)16-11-17-30(37(6,33)34)24-14-8-9-15-25(24)36-5/h8-10,12-15,18,20,23H,7,11,16-17,19H2,1-6H3,(H,28,32)/t23-/m1/s1. The number of methoxy groups -OCH3 is 2. The van der Waals surface area contributed by atoms with Gasteiger partial charge in [-0.25, -0.2) is 8.42 Å². The van der Waals surface area contributed by atoms with Crippen LogP contribution in [-0.4, -0.2) is 64.2 Å². The van der Waals surface area contributed by atoms with Crippen molar-refractivity contribution >= 4 is 27.5 Å². The minimum absolute atomic E-state index is 0.0661. The average molecular weight is 534 g/mol. The van der Waals surface area contributed by atoms with Crippen LogP contribution in [0.15, 0.2) is 48.5 Å². The lowest BCUT2D eigenvalue weighted by atomic mass is 10.1. The van der Waals surface area contributed by atoms with E-state index in [0.717, 1.165) is 11.8 Å². The Kier molecular flexibility index (Phi) is 11.2. The number of carbonyl (C=O) groups is 2. The quantitative estimate of drug-likeness (QED) is 0.398. The second-order valence-corrected chi connectivity index (χ2v) is 11.0. The van der Waals surface area contributed by atoms with Crippen molar-refractivity contribution < 1.29 is 27.5 Å². The van der Waals surface area contributed by atoms with E-state index in [4.69, 9.17) is 9.47 Å². The molecule has 2 rings (SSSR count). The van der Waals surface area contributed by atoms with Crippen molar-refractivity contribution in [2.45, 2.75) is 58.7 Å². The average Bonchev–Trinajstić information content (AvgIpc) is 2.85. The Morgan fingerprint density at radius 1 is 1.03 bits per heavy atom. The topological polar surface area (TPSA) is 105 Å². The van der Waals surface area contributed by atoms with Gasteiger partial charge in [-0.05, 0) is 56.5 Å². The molecule has 0 fully saturated rings. The summed E-state index contributed by atoms with van der Waals surface area (Å²) in [6.07, 6.45) is 1.89. The first-order valence-electron chi connectivity index (χ1n) is 12.3. The van der Waals surface area contributed by atoms with E-state index in [2.05, 4.69) is 5.32 Å². The lowest BCUT2D eigenvalue weighted by Crippen LogP contribution is -2.50. The van der Waals surface area contributed by atoms with E-state index in [1.807, 2.05) is 45.0 Å². The summed E-state index contributed by atoms with van der Waals surface area (Å²) in [6.45, 7) is 5.92. The van der Waals surface area contributed by atoms with Crippen LogP contribution < -0.4 is 19.1 Å². The number of sulfonamides is 1. The Morgan fingerprint density at radius 2 is 1.73 bits per heavy atom. The number of ether oxygens (including phenoxy) is 2. The van der Waals surface area contributed by atoms with Gasteiger partial charge in [-0.1, -0.05) is 31.2 Å². The molecule has 2 aromatic rings. The Balaban J connectivity index is 2.26. The van der Waals surface area contributed by atoms with Crippen LogP contribution in [0.25, 0.3) is 0 Å². The van der Waals surface area contributed by atoms with Gasteiger partial charge in [-0.15, -0.1) is 0 Å². The molecular weight excluding hydrogens is 494 g/mol. The summed E-state index contributed by atoms with van der Waals surface area (Å²) < 4.78 is 37.0. The number of rotatable bonds is 14. The molecule has 0 saturated heterocycles. The highest BCUT2D eigenvalue weighted by Gasteiger charge is 2.29. The first-order chi connectivity index (χ1) is 17.5. The van der Waals surface area contributed by atoms with Gasteiger partial charge in [0, 0.05) is 25.6 Å². The molecule has 10 heteroatoms. The third-order valence-electron chi connectivity index (χ3n) is 5.81. The fourth-order valence-electron chi connectivity index (χ4n) is 4.09. The molecule has 0 radical (unpaired) electrons. The van der Waals surface area contributed by atoms with Crippen LogP contribution in [0.2, 0.25) is 0 Å². The second-order valence-electron chi connectivity index (χ2n) is 9.07. The highest BCUT2D eigenvalue weighted by molar-refractivity contribution is 7.92. The number of para-hydroxylation sites is 2. The van der Waals surface area contributed by atoms with E-state index in [1.165, 1.54) is 11.4 Å². The monoisotopic (exact) mass is 533 g/mol. The molecule has 0 aliphatic heterocycles. The number of nitrogens with one attached hydrogen (secondary N) is 1. The molecule has 0 aliphatic carbocycles. The molecule has 1 atom stereocenters. The Labute approximate surface area is 220 Å². The number of hydrogen-bond donors (Lipinski definition) is 1. The van der Waals surface area contributed by atoms with Crippen LogP contribution in [0.4, 0.5) is 5.69 Å². The Morgan fingerprint density at radius 3 is 2.32 bits per heavy atom. The maximum atomic E-state index is 13.5. The maximum Gasteiger partial charge on any atom is 0.243 e. The van der Waals surface area contributed by atoms with E-state index in [1.54, 1.807) is 36.3 Å². The highest BCUT2D eigenvalue weighted by atomic mass is 32.2. The van der Waals surface area contributed by atoms with Gasteiger partial charge in [-0.3, -0.25) is 13.9 Å². The van der Waals surface area contributed by atoms with Gasteiger partial charge in [0.05, 0.1) is 26.2 Å². The van der Waals surface area contributed by atoms with Gasteiger partial charge in [0.25, 0.3) is 0 Å². The maximum absolute atomic E-state index is 13.5. The van der Waals surface area contributed by atoms with Crippen molar-refractivity contribution in [2.24, 2.45) is 0 Å². The van der Waals surface area contributed by atoms with Crippen LogP contribution in [0.1, 0.15) is 45.6 Å². The van der Waals surface area contributed by atoms with Crippen LogP contribution in [-0.2, 0) is 26.2 Å². The zero-order valence-electron chi connectivity index (χ0n) is 22.6. The largest absolute Gasteiger partial charge is 0.497 e. The Bertz CT molecular complexity index is 1150. The summed E-state index contributed by atoms with van der Waals surface area (Å²) in [7, 11) is -0.572. The minimum atomic E-state index is -3.62. The highest BCUT2D eigenvalue weighted by Crippen LogP contribution is 2.30. The van der Waals surface area contributed by atoms with E-state index >= 15 is 0 Å². The summed E-state index contributed by atoms with van der Waals surface area (Å²) in [5.41, 5.74) is 1.24. The molecule has 2 amide bonds. The molecule has 1 N–H and O–H groups in total. The van der Waals surface area contributed by atoms with E-state index < -0.39 is 16.1 Å². The van der Waals surface area contributed by atoms with E-state index in [0.29, 0.717) is 23.6 Å². The zero-order valence-corrected chi connectivity index (χ0v) is 23.4. The molecule has 0 heterocycles. The first-order valence-corrected chi connectivity index (χ1v) is 14.2. The van der Waals surface area contributed by atoms with Gasteiger partial charge in [0.15, 0.2) is 0 Å². The fourth-order valence-corrected chi connectivity index (χ4v) is 5.05. The summed E-state index contributed by atoms with van der Waals surface area (Å²) in [5, 5.41) is 2.91. The molecule has 0 aliphatic rings. The molecule has 0 saturated carbocycles. The van der Waals surface area contributed by atoms with Crippen LogP contribution in [0.3, 0.4) is 0 Å². The fraction of sp³-hybridized carbons (Fsp3) is 0.481. The Hall–Kier alpha value is -3.27. The third kappa shape index (κ3) is 8.66. The molecule has 2 aromatic carbocycles. The number of anilines is 1. The second kappa shape index (κ2) is 13.9. The van der Waals surface area contributed by atoms with Gasteiger partial charge in [0.2, 0.25) is 21.8 Å². The lowest BCUT2D eigenvalue weighted by molar-refractivity contribution is -0.141. The van der Waals surface area contributed by atoms with Crippen molar-refractivity contribution in [3.05, 3.63) is 54.1 Å². The van der Waals surface area contributed by atoms with Crippen LogP contribution in [0, 0.1) is 0 Å². The number of carbonyl (C=O) groups excluding carboxylic acids is 2. The van der Waals surface area contributed by atoms with Gasteiger partial charge in [-0.2, -0.15) is 0 Å². The smallest absolute Gasteiger partial charge is 0.243 e. The number of hydrogen-bond acceptors (Lipinski definition) is 6. The van der Waals surface area contributed by atoms with Gasteiger partial charge >= 0.3 is 0 Å². The molecule has 0 unspecified atom stereocenters. The molecular formula is C27H39N3O6S. The van der Waals surface area contributed by atoms with E-state index in [9.17, 15) is 18.0 Å². The molecule has 0 bridgehead atoms. The van der Waals surface area contributed by atoms with Crippen molar-refractivity contribution in [1.82, 2.24) is 10.2 Å². The summed E-state index contributed by atoms with van der Waals surface area (Å²) in [5.74, 6) is 0.628. The SMILES string of the molecule is CC[C@H](C(=O)NC(C)C)N(Cc1cccc(OC)c1)C(=O)CCCN(c1ccccc1OC)S(C)(=O)=O. The number of amides is 2. The lowest BCUT2D eigenvalue weighted by Gasteiger charge is -2.31. The molecule has 37 heavy (non-hydrogen) atoms. The van der Waals surface area contributed by atoms with Crippen LogP contribution in [0.5, 0.6) is 11.5 Å². The van der Waals surface area contributed by atoms with Gasteiger partial charge in [0.1, 0.15) is 17.5 Å². The molecule has 0 spiro atoms. The number of benzene rings is 2. The third-order valence-corrected chi connectivity index (χ3v) is 6.99. The van der Waals surface area contributed by atoms with Crippen molar-refractivity contribution in [3.8, 4) is 11.5 Å². The van der Waals surface area contributed by atoms with Crippen molar-refractivity contribution in [3.63, 3.8) is 0 Å². The summed E-state index contributed by atoms with van der Waals surface area (Å²) in [6, 6.07) is 13.5. The number of nitrogens with zero attached hydrogens (tertiary/aromatic N) is 2. The predicted octanol–water partition coefficient (Wildman–Crippen LogP) is 3.58. The van der Waals surface area contributed by atoms with Gasteiger partial charge < -0.3 is 19.7 Å². The first kappa shape index (κ1) is 30.0. The minimum Gasteiger partial charge on any atom is -0.497 e. The van der Waals surface area contributed by atoms with Crippen molar-refractivity contribution in [2.75, 3.05) is 31.3 Å². The predicted molar refractivity (Wildman–Crippen MR) is 145 cm³/mol. The molecule has 204 valence electrons. The van der Waals surface area contributed by atoms with Crippen molar-refractivity contribution in [1.29, 1.82) is 0 Å².